The van der Waals surface area contributed by atoms with Gasteiger partial charge in [-0.05, 0) is 19.8 Å². The number of carboxylic acids is 1. The third-order valence-electron chi connectivity index (χ3n) is 3.48. The number of hydrogen-bond acceptors (Lipinski definition) is 6. The van der Waals surface area contributed by atoms with Crippen LogP contribution >= 0.6 is 0 Å². The van der Waals surface area contributed by atoms with Crippen LogP contribution in [-0.2, 0) is 4.79 Å². The van der Waals surface area contributed by atoms with Crippen LogP contribution in [0.5, 0.6) is 0 Å². The fraction of sp³-hybridized carbons (Fsp3) is 0.500. The lowest BCUT2D eigenvalue weighted by Gasteiger charge is -2.24. The van der Waals surface area contributed by atoms with Crippen LogP contribution in [0.25, 0.3) is 11.1 Å². The molecule has 0 bridgehead atoms. The number of fused-ring (bicyclic) bond motifs is 1. The molecule has 1 unspecified atom stereocenters. The predicted octanol–water partition coefficient (Wildman–Crippen LogP) is 1.37. The Hall–Kier alpha value is -2.18. The van der Waals surface area contributed by atoms with Crippen molar-refractivity contribution in [3.05, 3.63) is 12.0 Å². The van der Waals surface area contributed by atoms with Gasteiger partial charge in [0.1, 0.15) is 17.5 Å². The van der Waals surface area contributed by atoms with Crippen LogP contribution < -0.4 is 4.90 Å². The molecule has 7 nitrogen and oxygen atoms in total. The summed E-state index contributed by atoms with van der Waals surface area (Å²) in [5, 5.41) is 13.6. The second-order valence-corrected chi connectivity index (χ2v) is 4.73. The molecular formula is C12H14N4O3. The van der Waals surface area contributed by atoms with E-state index in [1.54, 1.807) is 0 Å². The van der Waals surface area contributed by atoms with Crippen molar-refractivity contribution in [3.8, 4) is 0 Å². The first-order valence-electron chi connectivity index (χ1n) is 6.22. The second-order valence-electron chi connectivity index (χ2n) is 4.73. The smallest absolute Gasteiger partial charge is 0.305 e. The predicted molar refractivity (Wildman–Crippen MR) is 67.0 cm³/mol. The van der Waals surface area contributed by atoms with Crippen LogP contribution in [0.4, 0.5) is 5.82 Å². The molecule has 19 heavy (non-hydrogen) atoms. The van der Waals surface area contributed by atoms with Crippen molar-refractivity contribution in [3.63, 3.8) is 0 Å². The van der Waals surface area contributed by atoms with Gasteiger partial charge in [0, 0.05) is 12.6 Å². The van der Waals surface area contributed by atoms with E-state index >= 15 is 0 Å². The minimum absolute atomic E-state index is 0.0232. The summed E-state index contributed by atoms with van der Waals surface area (Å²) in [6.45, 7) is 2.63. The van der Waals surface area contributed by atoms with Crippen LogP contribution in [0.2, 0.25) is 0 Å². The maximum absolute atomic E-state index is 10.9. The van der Waals surface area contributed by atoms with Crippen LogP contribution in [0.1, 0.15) is 25.0 Å². The minimum atomic E-state index is -0.788. The summed E-state index contributed by atoms with van der Waals surface area (Å²) in [6, 6.07) is -0.0232. The molecule has 2 aromatic heterocycles. The summed E-state index contributed by atoms with van der Waals surface area (Å²) in [7, 11) is 0. The molecule has 1 N–H and O–H groups in total. The van der Waals surface area contributed by atoms with E-state index in [4.69, 9.17) is 9.63 Å². The number of carboxylic acid groups (broad SMARTS) is 1. The van der Waals surface area contributed by atoms with Gasteiger partial charge in [-0.15, -0.1) is 0 Å². The molecule has 3 rings (SSSR count). The molecule has 1 fully saturated rings. The molecule has 0 spiro atoms. The molecule has 0 aliphatic carbocycles. The maximum atomic E-state index is 10.9. The largest absolute Gasteiger partial charge is 0.481 e. The van der Waals surface area contributed by atoms with Crippen molar-refractivity contribution in [2.75, 3.05) is 11.4 Å². The molecule has 1 atom stereocenters. The van der Waals surface area contributed by atoms with Crippen molar-refractivity contribution in [2.45, 2.75) is 32.2 Å². The molecule has 2 aromatic rings. The summed E-state index contributed by atoms with van der Waals surface area (Å²) in [6.07, 6.45) is 3.38. The molecule has 7 heteroatoms. The highest BCUT2D eigenvalue weighted by Gasteiger charge is 2.30. The molecule has 0 saturated carbocycles. The Morgan fingerprint density at radius 2 is 2.42 bits per heavy atom. The summed E-state index contributed by atoms with van der Waals surface area (Å²) in [5.74, 6) is -0.0586. The van der Waals surface area contributed by atoms with E-state index in [2.05, 4.69) is 15.1 Å². The van der Waals surface area contributed by atoms with E-state index < -0.39 is 5.97 Å². The quantitative estimate of drug-likeness (QED) is 0.892. The lowest BCUT2D eigenvalue weighted by Crippen LogP contribution is -2.32. The Kier molecular flexibility index (Phi) is 2.81. The van der Waals surface area contributed by atoms with Gasteiger partial charge in [-0.25, -0.2) is 4.98 Å². The number of nitrogens with zero attached hydrogens (tertiary/aromatic N) is 4. The molecule has 100 valence electrons. The number of aromatic nitrogens is 3. The van der Waals surface area contributed by atoms with E-state index in [9.17, 15) is 4.79 Å². The molecule has 0 radical (unpaired) electrons. The lowest BCUT2D eigenvalue weighted by molar-refractivity contribution is -0.137. The standard InChI is InChI=1S/C12H14N4O3/c1-7-10-11(13-6-14-12(10)19-15-7)16-4-2-3-8(16)5-9(17)18/h6,8H,2-5H2,1H3,(H,17,18). The zero-order valence-electron chi connectivity index (χ0n) is 10.5. The first kappa shape index (κ1) is 11.9. The third kappa shape index (κ3) is 2.00. The van der Waals surface area contributed by atoms with Crippen LogP contribution in [0.15, 0.2) is 10.9 Å². The highest BCUT2D eigenvalue weighted by Crippen LogP contribution is 2.32. The zero-order chi connectivity index (χ0) is 13.4. The van der Waals surface area contributed by atoms with Gasteiger partial charge >= 0.3 is 5.97 Å². The Labute approximate surface area is 109 Å². The first-order valence-corrected chi connectivity index (χ1v) is 6.22. The Morgan fingerprint density at radius 1 is 1.58 bits per heavy atom. The number of hydrogen-bond donors (Lipinski definition) is 1. The number of anilines is 1. The van der Waals surface area contributed by atoms with E-state index in [1.165, 1.54) is 6.33 Å². The number of aryl methyl sites for hydroxylation is 1. The van der Waals surface area contributed by atoms with Crippen LogP contribution in [0, 0.1) is 6.92 Å². The molecule has 3 heterocycles. The topological polar surface area (TPSA) is 92.4 Å². The number of carbonyl (C=O) groups is 1. The molecule has 1 aliphatic heterocycles. The van der Waals surface area contributed by atoms with Gasteiger partial charge in [0.2, 0.25) is 0 Å². The van der Waals surface area contributed by atoms with Crippen molar-refractivity contribution >= 4 is 22.9 Å². The zero-order valence-corrected chi connectivity index (χ0v) is 10.5. The average molecular weight is 262 g/mol. The molecule has 1 saturated heterocycles. The normalized spacial score (nSPS) is 19.2. The molecule has 0 aromatic carbocycles. The first-order chi connectivity index (χ1) is 9.16. The van der Waals surface area contributed by atoms with Gasteiger partial charge in [0.05, 0.1) is 12.1 Å². The van der Waals surface area contributed by atoms with Gasteiger partial charge in [0.25, 0.3) is 5.71 Å². The fourth-order valence-corrected chi connectivity index (χ4v) is 2.65. The molecule has 0 amide bonds. The maximum Gasteiger partial charge on any atom is 0.305 e. The third-order valence-corrected chi connectivity index (χ3v) is 3.48. The van der Waals surface area contributed by atoms with Gasteiger partial charge < -0.3 is 14.5 Å². The van der Waals surface area contributed by atoms with E-state index in [0.29, 0.717) is 5.71 Å². The fourth-order valence-electron chi connectivity index (χ4n) is 2.65. The Morgan fingerprint density at radius 3 is 3.21 bits per heavy atom. The van der Waals surface area contributed by atoms with Gasteiger partial charge in [-0.3, -0.25) is 4.79 Å². The van der Waals surface area contributed by atoms with E-state index in [1.807, 2.05) is 11.8 Å². The monoisotopic (exact) mass is 262 g/mol. The van der Waals surface area contributed by atoms with Crippen LogP contribution in [0.3, 0.4) is 0 Å². The molecular weight excluding hydrogens is 248 g/mol. The summed E-state index contributed by atoms with van der Waals surface area (Å²) >= 11 is 0. The van der Waals surface area contributed by atoms with Crippen molar-refractivity contribution in [1.82, 2.24) is 15.1 Å². The summed E-state index contributed by atoms with van der Waals surface area (Å²) in [4.78, 5) is 21.3. The van der Waals surface area contributed by atoms with Gasteiger partial charge in [0.15, 0.2) is 0 Å². The highest BCUT2D eigenvalue weighted by molar-refractivity contribution is 5.88. The Balaban J connectivity index is 2.03. The average Bonchev–Trinajstić information content (AvgIpc) is 2.96. The van der Waals surface area contributed by atoms with Gasteiger partial charge in [-0.2, -0.15) is 4.98 Å². The summed E-state index contributed by atoms with van der Waals surface area (Å²) < 4.78 is 5.12. The van der Waals surface area contributed by atoms with Crippen molar-refractivity contribution in [1.29, 1.82) is 0 Å². The van der Waals surface area contributed by atoms with Gasteiger partial charge in [-0.1, -0.05) is 5.16 Å². The second kappa shape index (κ2) is 4.49. The lowest BCUT2D eigenvalue weighted by atomic mass is 10.1. The molecule has 1 aliphatic rings. The van der Waals surface area contributed by atoms with E-state index in [-0.39, 0.29) is 12.5 Å². The SMILES string of the molecule is Cc1noc2ncnc(N3CCCC3CC(=O)O)c12. The van der Waals surface area contributed by atoms with Crippen LogP contribution in [-0.4, -0.2) is 38.8 Å². The Bertz CT molecular complexity index is 624. The van der Waals surface area contributed by atoms with E-state index in [0.717, 1.165) is 36.3 Å². The summed E-state index contributed by atoms with van der Waals surface area (Å²) in [5.41, 5.74) is 1.18. The highest BCUT2D eigenvalue weighted by atomic mass is 16.5. The minimum Gasteiger partial charge on any atom is -0.481 e. The number of rotatable bonds is 3. The van der Waals surface area contributed by atoms with Crippen molar-refractivity contribution < 1.29 is 14.4 Å². The van der Waals surface area contributed by atoms with Crippen molar-refractivity contribution in [2.24, 2.45) is 0 Å². The number of aliphatic carboxylic acids is 1.